The summed E-state index contributed by atoms with van der Waals surface area (Å²) in [5.41, 5.74) is 3.29. The van der Waals surface area contributed by atoms with Crippen LogP contribution >= 0.6 is 11.3 Å². The lowest BCUT2D eigenvalue weighted by atomic mass is 10.1. The molecular formula is C17H17FN2S. The maximum Gasteiger partial charge on any atom is 0.123 e. The lowest BCUT2D eigenvalue weighted by molar-refractivity contribution is 0.493. The van der Waals surface area contributed by atoms with Gasteiger partial charge in [-0.25, -0.2) is 4.39 Å². The molecule has 2 atom stereocenters. The maximum atomic E-state index is 13.0. The molecule has 3 rings (SSSR count). The van der Waals surface area contributed by atoms with Gasteiger partial charge in [-0.15, -0.1) is 11.3 Å². The van der Waals surface area contributed by atoms with Crippen molar-refractivity contribution < 1.29 is 4.39 Å². The molecule has 2 nitrogen and oxygen atoms in total. The molecule has 2 heterocycles. The van der Waals surface area contributed by atoms with Gasteiger partial charge in [0.15, 0.2) is 0 Å². The third kappa shape index (κ3) is 3.12. The van der Waals surface area contributed by atoms with Gasteiger partial charge in [-0.1, -0.05) is 12.1 Å². The van der Waals surface area contributed by atoms with E-state index in [1.165, 1.54) is 22.4 Å². The van der Waals surface area contributed by atoms with Crippen LogP contribution in [0.3, 0.4) is 0 Å². The van der Waals surface area contributed by atoms with Crippen LogP contribution in [0.25, 0.3) is 10.2 Å². The van der Waals surface area contributed by atoms with Gasteiger partial charge < -0.3 is 5.32 Å². The van der Waals surface area contributed by atoms with Gasteiger partial charge in [0.05, 0.1) is 10.2 Å². The second kappa shape index (κ2) is 5.92. The lowest BCUT2D eigenvalue weighted by Crippen LogP contribution is -2.22. The highest BCUT2D eigenvalue weighted by atomic mass is 32.1. The molecule has 1 N–H and O–H groups in total. The fraction of sp³-hybridized carbons (Fsp3) is 0.235. The van der Waals surface area contributed by atoms with Gasteiger partial charge in [0.1, 0.15) is 5.82 Å². The second-order valence-corrected chi connectivity index (χ2v) is 6.18. The quantitative estimate of drug-likeness (QED) is 0.745. The van der Waals surface area contributed by atoms with Crippen molar-refractivity contribution in [3.05, 3.63) is 64.9 Å². The Labute approximate surface area is 127 Å². The smallest absolute Gasteiger partial charge is 0.123 e. The largest absolute Gasteiger partial charge is 0.304 e. The minimum atomic E-state index is -0.202. The molecule has 4 heteroatoms. The van der Waals surface area contributed by atoms with E-state index in [0.717, 1.165) is 11.1 Å². The average Bonchev–Trinajstić information content (AvgIpc) is 2.95. The van der Waals surface area contributed by atoms with Gasteiger partial charge in [0, 0.05) is 18.3 Å². The van der Waals surface area contributed by atoms with Gasteiger partial charge in [-0.3, -0.25) is 4.98 Å². The third-order valence-corrected chi connectivity index (χ3v) is 4.55. The zero-order valence-electron chi connectivity index (χ0n) is 12.0. The molecule has 1 unspecified atom stereocenters. The number of thiophene rings is 1. The van der Waals surface area contributed by atoms with Crippen LogP contribution in [-0.2, 0) is 0 Å². The molecular weight excluding hydrogens is 283 g/mol. The Morgan fingerprint density at radius 3 is 2.52 bits per heavy atom. The zero-order chi connectivity index (χ0) is 14.8. The van der Waals surface area contributed by atoms with Gasteiger partial charge in [-0.2, -0.15) is 0 Å². The molecule has 0 aliphatic heterocycles. The summed E-state index contributed by atoms with van der Waals surface area (Å²) in [6.07, 6.45) is 1.92. The highest BCUT2D eigenvalue weighted by Crippen LogP contribution is 2.24. The highest BCUT2D eigenvalue weighted by molar-refractivity contribution is 7.17. The summed E-state index contributed by atoms with van der Waals surface area (Å²) in [6, 6.07) is 11.2. The summed E-state index contributed by atoms with van der Waals surface area (Å²) in [6.45, 7) is 4.21. The Bertz CT molecular complexity index is 736. The Kier molecular flexibility index (Phi) is 3.99. The number of benzene rings is 1. The van der Waals surface area contributed by atoms with Crippen LogP contribution in [0.1, 0.15) is 37.1 Å². The van der Waals surface area contributed by atoms with Crippen molar-refractivity contribution in [2.45, 2.75) is 25.9 Å². The van der Waals surface area contributed by atoms with Crippen molar-refractivity contribution in [2.75, 3.05) is 0 Å². The third-order valence-electron chi connectivity index (χ3n) is 3.69. The fourth-order valence-corrected chi connectivity index (χ4v) is 3.21. The second-order valence-electron chi connectivity index (χ2n) is 5.23. The van der Waals surface area contributed by atoms with E-state index in [-0.39, 0.29) is 17.9 Å². The molecule has 1 aromatic carbocycles. The van der Waals surface area contributed by atoms with E-state index in [2.05, 4.69) is 35.6 Å². The number of pyridine rings is 1. The average molecular weight is 300 g/mol. The van der Waals surface area contributed by atoms with Crippen molar-refractivity contribution in [2.24, 2.45) is 0 Å². The molecule has 2 aromatic heterocycles. The van der Waals surface area contributed by atoms with E-state index in [9.17, 15) is 4.39 Å². The first-order valence-corrected chi connectivity index (χ1v) is 7.86. The fourth-order valence-electron chi connectivity index (χ4n) is 2.42. The van der Waals surface area contributed by atoms with Crippen LogP contribution < -0.4 is 5.32 Å². The monoisotopic (exact) mass is 300 g/mol. The first-order chi connectivity index (χ1) is 10.1. The summed E-state index contributed by atoms with van der Waals surface area (Å²) in [5.74, 6) is -0.202. The van der Waals surface area contributed by atoms with E-state index < -0.39 is 0 Å². The molecule has 3 aromatic rings. The van der Waals surface area contributed by atoms with Gasteiger partial charge in [-0.05, 0) is 54.6 Å². The molecule has 21 heavy (non-hydrogen) atoms. The van der Waals surface area contributed by atoms with E-state index in [1.807, 2.05) is 24.4 Å². The van der Waals surface area contributed by atoms with Crippen LogP contribution in [0, 0.1) is 5.82 Å². The predicted molar refractivity (Wildman–Crippen MR) is 86.0 cm³/mol. The SMILES string of the molecule is CC(N[C@H](C)c1ccc(F)cc1)c1cnc2ccsc2c1. The van der Waals surface area contributed by atoms with Crippen molar-refractivity contribution in [3.8, 4) is 0 Å². The Morgan fingerprint density at radius 1 is 1.05 bits per heavy atom. The minimum Gasteiger partial charge on any atom is -0.304 e. The van der Waals surface area contributed by atoms with E-state index in [0.29, 0.717) is 0 Å². The van der Waals surface area contributed by atoms with Crippen molar-refractivity contribution in [3.63, 3.8) is 0 Å². The first kappa shape index (κ1) is 14.2. The Hall–Kier alpha value is -1.78. The molecule has 0 spiro atoms. The van der Waals surface area contributed by atoms with Crippen LogP contribution in [0.15, 0.2) is 48.0 Å². The van der Waals surface area contributed by atoms with Crippen molar-refractivity contribution in [1.29, 1.82) is 0 Å². The number of fused-ring (bicyclic) bond motifs is 1. The lowest BCUT2D eigenvalue weighted by Gasteiger charge is -2.20. The van der Waals surface area contributed by atoms with E-state index in [1.54, 1.807) is 11.3 Å². The molecule has 0 aliphatic carbocycles. The normalized spacial score (nSPS) is 14.2. The highest BCUT2D eigenvalue weighted by Gasteiger charge is 2.12. The Balaban J connectivity index is 1.75. The van der Waals surface area contributed by atoms with Gasteiger partial charge in [0.25, 0.3) is 0 Å². The van der Waals surface area contributed by atoms with Crippen LogP contribution in [0.4, 0.5) is 4.39 Å². The molecule has 0 amide bonds. The predicted octanol–water partition coefficient (Wildman–Crippen LogP) is 4.85. The summed E-state index contributed by atoms with van der Waals surface area (Å²) in [7, 11) is 0. The summed E-state index contributed by atoms with van der Waals surface area (Å²) < 4.78 is 14.2. The van der Waals surface area contributed by atoms with Gasteiger partial charge in [0.2, 0.25) is 0 Å². The topological polar surface area (TPSA) is 24.9 Å². The zero-order valence-corrected chi connectivity index (χ0v) is 12.8. The first-order valence-electron chi connectivity index (χ1n) is 6.98. The van der Waals surface area contributed by atoms with E-state index in [4.69, 9.17) is 0 Å². The number of nitrogens with zero attached hydrogens (tertiary/aromatic N) is 1. The molecule has 0 saturated heterocycles. The summed E-state index contributed by atoms with van der Waals surface area (Å²) in [5, 5.41) is 5.59. The van der Waals surface area contributed by atoms with E-state index >= 15 is 0 Å². The molecule has 0 aliphatic rings. The maximum absolute atomic E-state index is 13.0. The van der Waals surface area contributed by atoms with Crippen LogP contribution in [-0.4, -0.2) is 4.98 Å². The molecule has 0 saturated carbocycles. The van der Waals surface area contributed by atoms with Crippen LogP contribution in [0.2, 0.25) is 0 Å². The molecule has 0 bridgehead atoms. The number of hydrogen-bond acceptors (Lipinski definition) is 3. The number of halogens is 1. The number of rotatable bonds is 4. The molecule has 0 radical (unpaired) electrons. The minimum absolute atomic E-state index is 0.152. The molecule has 108 valence electrons. The summed E-state index contributed by atoms with van der Waals surface area (Å²) in [4.78, 5) is 4.47. The summed E-state index contributed by atoms with van der Waals surface area (Å²) >= 11 is 1.70. The Morgan fingerprint density at radius 2 is 1.76 bits per heavy atom. The van der Waals surface area contributed by atoms with Crippen molar-refractivity contribution in [1.82, 2.24) is 10.3 Å². The van der Waals surface area contributed by atoms with Crippen LogP contribution in [0.5, 0.6) is 0 Å². The van der Waals surface area contributed by atoms with Crippen molar-refractivity contribution >= 4 is 21.6 Å². The molecule has 0 fully saturated rings. The number of hydrogen-bond donors (Lipinski definition) is 1. The van der Waals surface area contributed by atoms with Gasteiger partial charge >= 0.3 is 0 Å². The standard InChI is InChI=1S/C17H17FN2S/c1-11(13-3-5-15(18)6-4-13)20-12(2)14-9-17-16(19-10-14)7-8-21-17/h3-12,20H,1-2H3/t11-,12?/m1/s1. The number of aromatic nitrogens is 1. The number of nitrogens with one attached hydrogen (secondary N) is 1.